The van der Waals surface area contributed by atoms with Crippen molar-refractivity contribution in [3.63, 3.8) is 0 Å². The molecule has 1 aromatic carbocycles. The molecule has 0 bridgehead atoms. The summed E-state index contributed by atoms with van der Waals surface area (Å²) in [6, 6.07) is 4.40. The van der Waals surface area contributed by atoms with Crippen molar-refractivity contribution in [1.82, 2.24) is 10.2 Å². The van der Waals surface area contributed by atoms with Gasteiger partial charge in [-0.2, -0.15) is 0 Å². The molecule has 1 saturated heterocycles. The van der Waals surface area contributed by atoms with Crippen molar-refractivity contribution in [2.24, 2.45) is 0 Å². The third-order valence-corrected chi connectivity index (χ3v) is 3.97. The highest BCUT2D eigenvalue weighted by Crippen LogP contribution is 2.30. The summed E-state index contributed by atoms with van der Waals surface area (Å²) in [4.78, 5) is 24.7. The molecule has 1 heterocycles. The maximum Gasteiger partial charge on any atom is 0.311 e. The molecule has 2 rings (SSSR count). The van der Waals surface area contributed by atoms with Crippen LogP contribution < -0.4 is 14.8 Å². The number of nitrogens with zero attached hydrogens (tertiary/aromatic N) is 2. The van der Waals surface area contributed by atoms with E-state index in [0.717, 1.165) is 25.9 Å². The van der Waals surface area contributed by atoms with Gasteiger partial charge in [-0.15, -0.1) is 0 Å². The zero-order chi connectivity index (χ0) is 17.5. The Morgan fingerprint density at radius 3 is 2.88 bits per heavy atom. The Morgan fingerprint density at radius 1 is 1.50 bits per heavy atom. The summed E-state index contributed by atoms with van der Waals surface area (Å²) in [7, 11) is 1.35. The van der Waals surface area contributed by atoms with Crippen LogP contribution in [0.5, 0.6) is 11.5 Å². The Labute approximate surface area is 140 Å². The molecule has 8 heteroatoms. The van der Waals surface area contributed by atoms with Gasteiger partial charge in [0.2, 0.25) is 5.75 Å². The summed E-state index contributed by atoms with van der Waals surface area (Å²) in [6.07, 6.45) is 1.82. The average Bonchev–Trinajstić information content (AvgIpc) is 3.11. The van der Waals surface area contributed by atoms with E-state index in [4.69, 9.17) is 9.47 Å². The number of rotatable bonds is 8. The van der Waals surface area contributed by atoms with E-state index in [-0.39, 0.29) is 30.0 Å². The third kappa shape index (κ3) is 4.35. The number of nitro benzene ring substituents is 1. The molecule has 1 aliphatic heterocycles. The highest BCUT2D eigenvalue weighted by molar-refractivity contribution is 5.78. The van der Waals surface area contributed by atoms with Gasteiger partial charge in [0.05, 0.1) is 12.0 Å². The summed E-state index contributed by atoms with van der Waals surface area (Å²) in [5.74, 6) is 0.394. The number of hydrogen-bond donors (Lipinski definition) is 1. The quantitative estimate of drug-likeness (QED) is 0.572. The molecule has 1 aromatic rings. The lowest BCUT2D eigenvalue weighted by molar-refractivity contribution is -0.385. The van der Waals surface area contributed by atoms with Crippen molar-refractivity contribution in [2.45, 2.75) is 25.8 Å². The van der Waals surface area contributed by atoms with Crippen LogP contribution in [-0.4, -0.2) is 55.1 Å². The van der Waals surface area contributed by atoms with Crippen molar-refractivity contribution in [1.29, 1.82) is 0 Å². The molecule has 24 heavy (non-hydrogen) atoms. The normalized spacial score (nSPS) is 16.7. The predicted octanol–water partition coefficient (Wildman–Crippen LogP) is 1.58. The van der Waals surface area contributed by atoms with E-state index in [9.17, 15) is 14.9 Å². The second-order valence-electron chi connectivity index (χ2n) is 5.61. The van der Waals surface area contributed by atoms with Gasteiger partial charge in [-0.25, -0.2) is 0 Å². The minimum absolute atomic E-state index is 0.0807. The largest absolute Gasteiger partial charge is 0.490 e. The van der Waals surface area contributed by atoms with E-state index in [1.165, 1.54) is 25.3 Å². The Morgan fingerprint density at radius 2 is 2.29 bits per heavy atom. The lowest BCUT2D eigenvalue weighted by Crippen LogP contribution is -2.44. The number of nitro groups is 1. The Kier molecular flexibility index (Phi) is 6.36. The van der Waals surface area contributed by atoms with Crippen LogP contribution in [0, 0.1) is 10.1 Å². The molecular formula is C16H23N3O5. The van der Waals surface area contributed by atoms with Crippen LogP contribution in [0.15, 0.2) is 18.2 Å². The topological polar surface area (TPSA) is 93.9 Å². The first kappa shape index (κ1) is 18.0. The zero-order valence-corrected chi connectivity index (χ0v) is 14.0. The number of carbonyl (C=O) groups excluding carboxylic acids is 1. The smallest absolute Gasteiger partial charge is 0.311 e. The zero-order valence-electron chi connectivity index (χ0n) is 14.0. The Hall–Kier alpha value is -2.35. The molecule has 1 amide bonds. The molecule has 1 atom stereocenters. The highest BCUT2D eigenvalue weighted by atomic mass is 16.6. The van der Waals surface area contributed by atoms with E-state index in [1.807, 2.05) is 11.8 Å². The first-order valence-electron chi connectivity index (χ1n) is 8.02. The van der Waals surface area contributed by atoms with E-state index in [2.05, 4.69) is 5.32 Å². The van der Waals surface area contributed by atoms with E-state index in [0.29, 0.717) is 12.3 Å². The fourth-order valence-corrected chi connectivity index (χ4v) is 2.78. The lowest BCUT2D eigenvalue weighted by atomic mass is 10.2. The SMILES string of the molecule is CCCN(C(=O)COc1ccc([N+](=O)[O-])c(OC)c1)C1CCNC1. The first-order valence-corrected chi connectivity index (χ1v) is 8.02. The van der Waals surface area contributed by atoms with Gasteiger partial charge < -0.3 is 19.7 Å². The molecule has 1 unspecified atom stereocenters. The van der Waals surface area contributed by atoms with Crippen molar-refractivity contribution in [3.8, 4) is 11.5 Å². The van der Waals surface area contributed by atoms with Crippen LogP contribution in [0.25, 0.3) is 0 Å². The summed E-state index contributed by atoms with van der Waals surface area (Å²) >= 11 is 0. The maximum absolute atomic E-state index is 12.5. The van der Waals surface area contributed by atoms with Gasteiger partial charge in [0.1, 0.15) is 5.75 Å². The standard InChI is InChI=1S/C16H23N3O5/c1-3-8-18(12-6-7-17-10-12)16(20)11-24-13-4-5-14(19(21)22)15(9-13)23-2/h4-5,9,12,17H,3,6-8,10-11H2,1-2H3. The highest BCUT2D eigenvalue weighted by Gasteiger charge is 2.26. The predicted molar refractivity (Wildman–Crippen MR) is 88.4 cm³/mol. The molecule has 0 radical (unpaired) electrons. The van der Waals surface area contributed by atoms with Gasteiger partial charge in [0.15, 0.2) is 6.61 Å². The van der Waals surface area contributed by atoms with E-state index >= 15 is 0 Å². The van der Waals surface area contributed by atoms with Crippen LogP contribution >= 0.6 is 0 Å². The number of hydrogen-bond acceptors (Lipinski definition) is 6. The fraction of sp³-hybridized carbons (Fsp3) is 0.562. The second kappa shape index (κ2) is 8.49. The van der Waals surface area contributed by atoms with E-state index in [1.54, 1.807) is 0 Å². The first-order chi connectivity index (χ1) is 11.6. The van der Waals surface area contributed by atoms with Gasteiger partial charge in [-0.05, 0) is 25.5 Å². The number of nitrogens with one attached hydrogen (secondary N) is 1. The van der Waals surface area contributed by atoms with Crippen molar-refractivity contribution in [3.05, 3.63) is 28.3 Å². The Bertz CT molecular complexity index is 587. The number of amides is 1. The molecule has 1 N–H and O–H groups in total. The van der Waals surface area contributed by atoms with Crippen molar-refractivity contribution in [2.75, 3.05) is 33.4 Å². The summed E-state index contributed by atoms with van der Waals surface area (Å²) in [5, 5.41) is 14.1. The molecule has 8 nitrogen and oxygen atoms in total. The van der Waals surface area contributed by atoms with Gasteiger partial charge in [0, 0.05) is 31.3 Å². The van der Waals surface area contributed by atoms with Gasteiger partial charge in [0.25, 0.3) is 5.91 Å². The lowest BCUT2D eigenvalue weighted by Gasteiger charge is -2.28. The minimum atomic E-state index is -0.524. The molecule has 0 saturated carbocycles. The van der Waals surface area contributed by atoms with E-state index < -0.39 is 4.92 Å². The van der Waals surface area contributed by atoms with Crippen LogP contribution in [0.3, 0.4) is 0 Å². The summed E-state index contributed by atoms with van der Waals surface area (Å²) < 4.78 is 10.5. The summed E-state index contributed by atoms with van der Waals surface area (Å²) in [5.41, 5.74) is -0.138. The van der Waals surface area contributed by atoms with Crippen LogP contribution in [0.4, 0.5) is 5.69 Å². The average molecular weight is 337 g/mol. The molecular weight excluding hydrogens is 314 g/mol. The molecule has 1 aliphatic rings. The molecule has 132 valence electrons. The third-order valence-electron chi connectivity index (χ3n) is 3.97. The number of ether oxygens (including phenoxy) is 2. The van der Waals surface area contributed by atoms with Gasteiger partial charge in [-0.3, -0.25) is 14.9 Å². The number of carbonyl (C=O) groups is 1. The molecule has 1 fully saturated rings. The fourth-order valence-electron chi connectivity index (χ4n) is 2.78. The van der Waals surface area contributed by atoms with Crippen LogP contribution in [0.2, 0.25) is 0 Å². The van der Waals surface area contributed by atoms with Gasteiger partial charge >= 0.3 is 5.69 Å². The number of methoxy groups -OCH3 is 1. The molecule has 0 spiro atoms. The monoisotopic (exact) mass is 337 g/mol. The molecule has 0 aliphatic carbocycles. The minimum Gasteiger partial charge on any atom is -0.490 e. The van der Waals surface area contributed by atoms with Crippen LogP contribution in [0.1, 0.15) is 19.8 Å². The Balaban J connectivity index is 2.00. The summed E-state index contributed by atoms with van der Waals surface area (Å²) in [6.45, 7) is 4.34. The van der Waals surface area contributed by atoms with Crippen LogP contribution in [-0.2, 0) is 4.79 Å². The molecule has 0 aromatic heterocycles. The van der Waals surface area contributed by atoms with Gasteiger partial charge in [-0.1, -0.05) is 6.92 Å². The second-order valence-corrected chi connectivity index (χ2v) is 5.61. The van der Waals surface area contributed by atoms with Crippen molar-refractivity contribution >= 4 is 11.6 Å². The number of benzene rings is 1. The van der Waals surface area contributed by atoms with Crippen molar-refractivity contribution < 1.29 is 19.2 Å². The maximum atomic E-state index is 12.5.